The summed E-state index contributed by atoms with van der Waals surface area (Å²) in [5, 5.41) is 3.39. The second-order valence-electron chi connectivity index (χ2n) is 5.38. The van der Waals surface area contributed by atoms with Crippen LogP contribution in [-0.4, -0.2) is 21.6 Å². The van der Waals surface area contributed by atoms with Crippen molar-refractivity contribution in [3.63, 3.8) is 0 Å². The molecule has 2 rings (SSSR count). The molecule has 0 saturated heterocycles. The van der Waals surface area contributed by atoms with Gasteiger partial charge in [0.1, 0.15) is 0 Å². The topological polar surface area (TPSA) is 60.1 Å². The van der Waals surface area contributed by atoms with E-state index in [1.165, 1.54) is 0 Å². The first-order valence-corrected chi connectivity index (χ1v) is 6.17. The minimum absolute atomic E-state index is 0.0989. The van der Waals surface area contributed by atoms with Gasteiger partial charge in [-0.25, -0.2) is 9.78 Å². The highest BCUT2D eigenvalue weighted by Gasteiger charge is 2.10. The maximum Gasteiger partial charge on any atom is 0.421 e. The van der Waals surface area contributed by atoms with Crippen LogP contribution in [0.2, 0.25) is 0 Å². The van der Waals surface area contributed by atoms with Crippen LogP contribution in [0.25, 0.3) is 11.2 Å². The van der Waals surface area contributed by atoms with E-state index in [-0.39, 0.29) is 11.3 Å². The highest BCUT2D eigenvalue weighted by Crippen LogP contribution is 2.08. The van der Waals surface area contributed by atoms with Crippen molar-refractivity contribution in [1.82, 2.24) is 14.9 Å². The van der Waals surface area contributed by atoms with Gasteiger partial charge in [-0.3, -0.25) is 4.57 Å². The molecule has 0 aliphatic carbocycles. The zero-order valence-electron chi connectivity index (χ0n) is 11.1. The number of fused-ring (bicyclic) bond motifs is 1. The van der Waals surface area contributed by atoms with Crippen molar-refractivity contribution in [2.24, 2.45) is 0 Å². The molecule has 0 spiro atoms. The molecule has 2 aromatic heterocycles. The third-order valence-corrected chi connectivity index (χ3v) is 2.64. The molecular weight excluding hydrogens is 230 g/mol. The highest BCUT2D eigenvalue weighted by atomic mass is 16.4. The van der Waals surface area contributed by atoms with Crippen LogP contribution in [0.4, 0.5) is 0 Å². The first-order chi connectivity index (χ1) is 8.47. The Bertz CT molecular complexity index is 578. The summed E-state index contributed by atoms with van der Waals surface area (Å²) in [6, 6.07) is 3.52. The van der Waals surface area contributed by atoms with E-state index in [2.05, 4.69) is 31.1 Å². The normalized spacial score (nSPS) is 12.2. The lowest BCUT2D eigenvalue weighted by Crippen LogP contribution is -2.36. The fraction of sp³-hybridized carbons (Fsp3) is 0.538. The molecule has 0 atom stereocenters. The largest absolute Gasteiger partial charge is 0.421 e. The van der Waals surface area contributed by atoms with E-state index < -0.39 is 0 Å². The van der Waals surface area contributed by atoms with E-state index in [0.717, 1.165) is 13.0 Å². The fourth-order valence-electron chi connectivity index (χ4n) is 1.80. The molecule has 0 aliphatic heterocycles. The molecular formula is C13H19N3O2. The van der Waals surface area contributed by atoms with E-state index in [1.807, 2.05) is 0 Å². The molecule has 5 nitrogen and oxygen atoms in total. The second-order valence-corrected chi connectivity index (χ2v) is 5.38. The van der Waals surface area contributed by atoms with Gasteiger partial charge in [0.2, 0.25) is 0 Å². The molecule has 1 N–H and O–H groups in total. The molecule has 0 bridgehead atoms. The first kappa shape index (κ1) is 12.8. The van der Waals surface area contributed by atoms with Crippen molar-refractivity contribution >= 4 is 11.2 Å². The molecule has 2 aromatic rings. The smallest absolute Gasteiger partial charge is 0.406 e. The SMILES string of the molecule is CC(C)(C)NCCCn1c(=O)oc2cccnc21. The quantitative estimate of drug-likeness (QED) is 0.839. The molecule has 0 amide bonds. The average molecular weight is 249 g/mol. The van der Waals surface area contributed by atoms with Crippen molar-refractivity contribution in [2.75, 3.05) is 6.54 Å². The minimum atomic E-state index is -0.334. The van der Waals surface area contributed by atoms with E-state index in [4.69, 9.17) is 4.42 Å². The Morgan fingerprint density at radius 2 is 2.22 bits per heavy atom. The van der Waals surface area contributed by atoms with Crippen LogP contribution >= 0.6 is 0 Å². The van der Waals surface area contributed by atoms with Crippen LogP contribution in [0, 0.1) is 0 Å². The zero-order valence-corrected chi connectivity index (χ0v) is 11.1. The number of aryl methyl sites for hydroxylation is 1. The maximum absolute atomic E-state index is 11.7. The van der Waals surface area contributed by atoms with Gasteiger partial charge in [-0.15, -0.1) is 0 Å². The van der Waals surface area contributed by atoms with Crippen molar-refractivity contribution in [3.8, 4) is 0 Å². The summed E-state index contributed by atoms with van der Waals surface area (Å²) < 4.78 is 6.70. The van der Waals surface area contributed by atoms with E-state index >= 15 is 0 Å². The number of oxazole rings is 1. The number of aromatic nitrogens is 2. The number of hydrogen-bond acceptors (Lipinski definition) is 4. The molecule has 5 heteroatoms. The van der Waals surface area contributed by atoms with Crippen molar-refractivity contribution in [2.45, 2.75) is 39.3 Å². The molecule has 18 heavy (non-hydrogen) atoms. The molecule has 0 saturated carbocycles. The molecule has 0 unspecified atom stereocenters. The lowest BCUT2D eigenvalue weighted by molar-refractivity contribution is 0.409. The predicted octanol–water partition coefficient (Wildman–Crippen LogP) is 1.77. The molecule has 0 fully saturated rings. The third kappa shape index (κ3) is 2.98. The van der Waals surface area contributed by atoms with Gasteiger partial charge < -0.3 is 9.73 Å². The Labute approximate surface area is 106 Å². The summed E-state index contributed by atoms with van der Waals surface area (Å²) in [5.41, 5.74) is 1.27. The van der Waals surface area contributed by atoms with Crippen molar-refractivity contribution < 1.29 is 4.42 Å². The van der Waals surface area contributed by atoms with Gasteiger partial charge in [0.05, 0.1) is 0 Å². The summed E-state index contributed by atoms with van der Waals surface area (Å²) >= 11 is 0. The highest BCUT2D eigenvalue weighted by molar-refractivity contribution is 5.67. The van der Waals surface area contributed by atoms with Crippen LogP contribution in [0.15, 0.2) is 27.5 Å². The summed E-state index contributed by atoms with van der Waals surface area (Å²) in [7, 11) is 0. The number of rotatable bonds is 4. The molecule has 98 valence electrons. The maximum atomic E-state index is 11.7. The van der Waals surface area contributed by atoms with Crippen molar-refractivity contribution in [3.05, 3.63) is 28.9 Å². The van der Waals surface area contributed by atoms with Gasteiger partial charge in [0, 0.05) is 18.3 Å². The molecule has 0 radical (unpaired) electrons. The molecule has 2 heterocycles. The lowest BCUT2D eigenvalue weighted by atomic mass is 10.1. The van der Waals surface area contributed by atoms with E-state index in [0.29, 0.717) is 17.8 Å². The van der Waals surface area contributed by atoms with Gasteiger partial charge in [0.15, 0.2) is 11.2 Å². The van der Waals surface area contributed by atoms with Gasteiger partial charge in [-0.2, -0.15) is 0 Å². The van der Waals surface area contributed by atoms with E-state index in [1.54, 1.807) is 22.9 Å². The predicted molar refractivity (Wildman–Crippen MR) is 70.6 cm³/mol. The number of nitrogens with zero attached hydrogens (tertiary/aromatic N) is 2. The Balaban J connectivity index is 2.04. The van der Waals surface area contributed by atoms with Gasteiger partial charge >= 0.3 is 5.76 Å². The van der Waals surface area contributed by atoms with Gasteiger partial charge in [0.25, 0.3) is 0 Å². The first-order valence-electron chi connectivity index (χ1n) is 6.17. The Hall–Kier alpha value is -1.62. The monoisotopic (exact) mass is 249 g/mol. The Morgan fingerprint density at radius 3 is 2.94 bits per heavy atom. The third-order valence-electron chi connectivity index (χ3n) is 2.64. The van der Waals surface area contributed by atoms with Crippen LogP contribution in [-0.2, 0) is 6.54 Å². The second kappa shape index (κ2) is 4.94. The lowest BCUT2D eigenvalue weighted by Gasteiger charge is -2.20. The standard InChI is InChI=1S/C13H19N3O2/c1-13(2,3)15-8-5-9-16-11-10(18-12(16)17)6-4-7-14-11/h4,6-7,15H,5,8-9H2,1-3H3. The minimum Gasteiger partial charge on any atom is -0.406 e. The van der Waals surface area contributed by atoms with Crippen molar-refractivity contribution in [1.29, 1.82) is 0 Å². The van der Waals surface area contributed by atoms with Crippen LogP contribution in [0.5, 0.6) is 0 Å². The molecule has 0 aliphatic rings. The van der Waals surface area contributed by atoms with Gasteiger partial charge in [-0.05, 0) is 45.9 Å². The summed E-state index contributed by atoms with van der Waals surface area (Å²) in [5.74, 6) is -0.334. The number of hydrogen-bond donors (Lipinski definition) is 1. The number of nitrogens with one attached hydrogen (secondary N) is 1. The summed E-state index contributed by atoms with van der Waals surface area (Å²) in [6.45, 7) is 7.83. The molecule has 0 aromatic carbocycles. The van der Waals surface area contributed by atoms with Crippen LogP contribution in [0.1, 0.15) is 27.2 Å². The zero-order chi connectivity index (χ0) is 13.2. The van der Waals surface area contributed by atoms with Crippen LogP contribution in [0.3, 0.4) is 0 Å². The summed E-state index contributed by atoms with van der Waals surface area (Å²) in [4.78, 5) is 15.8. The summed E-state index contributed by atoms with van der Waals surface area (Å²) in [6.07, 6.45) is 2.53. The van der Waals surface area contributed by atoms with E-state index in [9.17, 15) is 4.79 Å². The Kier molecular flexibility index (Phi) is 3.52. The fourth-order valence-corrected chi connectivity index (χ4v) is 1.80. The Morgan fingerprint density at radius 1 is 1.44 bits per heavy atom. The van der Waals surface area contributed by atoms with Gasteiger partial charge in [-0.1, -0.05) is 0 Å². The average Bonchev–Trinajstić information content (AvgIpc) is 2.59. The van der Waals surface area contributed by atoms with Crippen LogP contribution < -0.4 is 11.1 Å². The number of pyridine rings is 1.